The fraction of sp³-hybridized carbons (Fsp3) is 0.333. The van der Waals surface area contributed by atoms with Crippen molar-refractivity contribution >= 4 is 22.5 Å². The molecule has 4 N–H and O–H groups in total. The molecule has 0 unspecified atom stereocenters. The molecule has 0 amide bonds. The van der Waals surface area contributed by atoms with Gasteiger partial charge in [0.2, 0.25) is 0 Å². The number of halogens is 1. The molecule has 0 atom stereocenters. The number of aromatic nitrogens is 3. The zero-order valence-electron chi connectivity index (χ0n) is 14.2. The van der Waals surface area contributed by atoms with Gasteiger partial charge in [-0.05, 0) is 32.4 Å². The highest BCUT2D eigenvalue weighted by Crippen LogP contribution is 2.38. The van der Waals surface area contributed by atoms with Gasteiger partial charge < -0.3 is 20.7 Å². The molecule has 2 aromatic heterocycles. The van der Waals surface area contributed by atoms with Gasteiger partial charge in [-0.3, -0.25) is 0 Å². The molecule has 3 aromatic rings. The third kappa shape index (κ3) is 2.60. The van der Waals surface area contributed by atoms with Crippen LogP contribution in [-0.4, -0.2) is 31.8 Å². The zero-order valence-corrected chi connectivity index (χ0v) is 14.2. The molecule has 1 aliphatic heterocycles. The summed E-state index contributed by atoms with van der Waals surface area (Å²) >= 11 is 0. The lowest BCUT2D eigenvalue weighted by Gasteiger charge is -2.18. The molecule has 0 bridgehead atoms. The van der Waals surface area contributed by atoms with Gasteiger partial charge in [0, 0.05) is 35.1 Å². The number of anilines is 2. The van der Waals surface area contributed by atoms with E-state index in [1.54, 1.807) is 30.7 Å². The van der Waals surface area contributed by atoms with Gasteiger partial charge in [-0.1, -0.05) is 0 Å². The summed E-state index contributed by atoms with van der Waals surface area (Å²) in [6.07, 6.45) is 3.83. The van der Waals surface area contributed by atoms with Crippen molar-refractivity contribution in [1.82, 2.24) is 14.5 Å². The lowest BCUT2D eigenvalue weighted by molar-refractivity contribution is 0.0627. The van der Waals surface area contributed by atoms with E-state index in [0.29, 0.717) is 46.5 Å². The third-order valence-corrected chi connectivity index (χ3v) is 4.46. The van der Waals surface area contributed by atoms with Gasteiger partial charge in [0.1, 0.15) is 23.6 Å². The monoisotopic (exact) mass is 341 g/mol. The molecular formula is C18H20FN5O. The molecule has 0 saturated heterocycles. The Hall–Kier alpha value is -2.67. The minimum Gasteiger partial charge on any atom is -0.389 e. The molecule has 6 nitrogen and oxygen atoms in total. The molecule has 0 spiro atoms. The highest BCUT2D eigenvalue weighted by Gasteiger charge is 2.24. The average molecular weight is 341 g/mol. The number of hydrogen-bond donors (Lipinski definition) is 3. The highest BCUT2D eigenvalue weighted by atomic mass is 19.1. The van der Waals surface area contributed by atoms with Gasteiger partial charge in [0.05, 0.1) is 17.5 Å². The van der Waals surface area contributed by atoms with Crippen LogP contribution in [-0.2, 0) is 13.0 Å². The van der Waals surface area contributed by atoms with Gasteiger partial charge in [0.15, 0.2) is 0 Å². The largest absolute Gasteiger partial charge is 0.389 e. The quantitative estimate of drug-likeness (QED) is 0.681. The number of hydrogen-bond acceptors (Lipinski definition) is 5. The van der Waals surface area contributed by atoms with Crippen molar-refractivity contribution in [2.45, 2.75) is 32.4 Å². The third-order valence-electron chi connectivity index (χ3n) is 4.46. The Kier molecular flexibility index (Phi) is 3.43. The number of aliphatic hydroxyl groups is 1. The standard InChI is InChI=1S/C18H20FN5O/c1-18(2,25)8-24-7-12(14-16(20)22-9-23-17(14)24)10-3-4-13-11(15(10)19)5-6-21-13/h3-4,7,9,21,25H,5-6,8H2,1-2H3,(H2,20,22,23). The molecule has 4 rings (SSSR count). The molecule has 0 saturated carbocycles. The second kappa shape index (κ2) is 5.42. The fourth-order valence-electron chi connectivity index (χ4n) is 3.45. The highest BCUT2D eigenvalue weighted by molar-refractivity contribution is 6.01. The first kappa shape index (κ1) is 15.8. The zero-order chi connectivity index (χ0) is 17.8. The summed E-state index contributed by atoms with van der Waals surface area (Å²) in [7, 11) is 0. The normalized spacial score (nSPS) is 13.9. The maximum absolute atomic E-state index is 15.1. The van der Waals surface area contributed by atoms with Crippen LogP contribution in [0, 0.1) is 5.82 Å². The van der Waals surface area contributed by atoms with Crippen molar-refractivity contribution in [3.63, 3.8) is 0 Å². The summed E-state index contributed by atoms with van der Waals surface area (Å²) in [5.41, 5.74) is 8.37. The van der Waals surface area contributed by atoms with Crippen LogP contribution in [0.2, 0.25) is 0 Å². The lowest BCUT2D eigenvalue weighted by Crippen LogP contribution is -2.25. The molecule has 0 aliphatic carbocycles. The number of nitrogens with two attached hydrogens (primary N) is 1. The minimum absolute atomic E-state index is 0.243. The molecule has 1 aliphatic rings. The Bertz CT molecular complexity index is 974. The summed E-state index contributed by atoms with van der Waals surface area (Å²) in [5.74, 6) is 0.0561. The van der Waals surface area contributed by atoms with E-state index in [1.807, 2.05) is 6.07 Å². The van der Waals surface area contributed by atoms with Crippen molar-refractivity contribution in [3.8, 4) is 11.1 Å². The van der Waals surface area contributed by atoms with Crippen LogP contribution in [0.3, 0.4) is 0 Å². The van der Waals surface area contributed by atoms with Crippen molar-refractivity contribution in [3.05, 3.63) is 36.0 Å². The number of fused-ring (bicyclic) bond motifs is 2. The maximum atomic E-state index is 15.1. The first-order valence-corrected chi connectivity index (χ1v) is 8.22. The van der Waals surface area contributed by atoms with E-state index in [1.165, 1.54) is 6.33 Å². The van der Waals surface area contributed by atoms with Gasteiger partial charge in [-0.2, -0.15) is 0 Å². The van der Waals surface area contributed by atoms with Crippen LogP contribution in [0.25, 0.3) is 22.2 Å². The fourth-order valence-corrected chi connectivity index (χ4v) is 3.45. The summed E-state index contributed by atoms with van der Waals surface area (Å²) < 4.78 is 16.9. The first-order chi connectivity index (χ1) is 11.8. The van der Waals surface area contributed by atoms with Crippen LogP contribution >= 0.6 is 0 Å². The summed E-state index contributed by atoms with van der Waals surface area (Å²) in [5, 5.41) is 14.0. The predicted octanol–water partition coefficient (Wildman–Crippen LogP) is 2.56. The lowest BCUT2D eigenvalue weighted by atomic mass is 10.0. The Labute approximate surface area is 144 Å². The maximum Gasteiger partial charge on any atom is 0.146 e. The van der Waals surface area contributed by atoms with Crippen molar-refractivity contribution < 1.29 is 9.50 Å². The first-order valence-electron chi connectivity index (χ1n) is 8.22. The number of rotatable bonds is 3. The van der Waals surface area contributed by atoms with E-state index in [4.69, 9.17) is 5.73 Å². The molecule has 130 valence electrons. The Balaban J connectivity index is 1.97. The van der Waals surface area contributed by atoms with Crippen LogP contribution in [0.4, 0.5) is 15.9 Å². The molecule has 25 heavy (non-hydrogen) atoms. The second-order valence-electron chi connectivity index (χ2n) is 7.07. The van der Waals surface area contributed by atoms with Gasteiger partial charge in [0.25, 0.3) is 0 Å². The minimum atomic E-state index is -0.941. The van der Waals surface area contributed by atoms with Crippen molar-refractivity contribution in [1.29, 1.82) is 0 Å². The molecular weight excluding hydrogens is 321 g/mol. The van der Waals surface area contributed by atoms with Crippen LogP contribution in [0.1, 0.15) is 19.4 Å². The van der Waals surface area contributed by atoms with Crippen molar-refractivity contribution in [2.75, 3.05) is 17.6 Å². The molecule has 3 heterocycles. The molecule has 7 heteroatoms. The summed E-state index contributed by atoms with van der Waals surface area (Å²) in [4.78, 5) is 8.36. The molecule has 1 aromatic carbocycles. The van der Waals surface area contributed by atoms with E-state index >= 15 is 4.39 Å². The van der Waals surface area contributed by atoms with Gasteiger partial charge >= 0.3 is 0 Å². The van der Waals surface area contributed by atoms with E-state index in [-0.39, 0.29) is 5.82 Å². The SMILES string of the molecule is CC(C)(O)Cn1cc(-c2ccc3c(c2F)CCN3)c2c(N)ncnc21. The van der Waals surface area contributed by atoms with E-state index < -0.39 is 5.60 Å². The predicted molar refractivity (Wildman–Crippen MR) is 95.8 cm³/mol. The summed E-state index contributed by atoms with van der Waals surface area (Å²) in [6.45, 7) is 4.48. The number of benzene rings is 1. The van der Waals surface area contributed by atoms with Crippen molar-refractivity contribution in [2.24, 2.45) is 0 Å². The number of nitrogen functional groups attached to an aromatic ring is 1. The number of nitrogens with zero attached hydrogens (tertiary/aromatic N) is 3. The topological polar surface area (TPSA) is 89.0 Å². The van der Waals surface area contributed by atoms with E-state index in [0.717, 1.165) is 12.2 Å². The van der Waals surface area contributed by atoms with Gasteiger partial charge in [-0.25, -0.2) is 14.4 Å². The Morgan fingerprint density at radius 2 is 2.12 bits per heavy atom. The summed E-state index contributed by atoms with van der Waals surface area (Å²) in [6, 6.07) is 3.64. The van der Waals surface area contributed by atoms with Crippen LogP contribution < -0.4 is 11.1 Å². The number of nitrogens with one attached hydrogen (secondary N) is 1. The Morgan fingerprint density at radius 3 is 2.88 bits per heavy atom. The van der Waals surface area contributed by atoms with Gasteiger partial charge in [-0.15, -0.1) is 0 Å². The smallest absolute Gasteiger partial charge is 0.146 e. The van der Waals surface area contributed by atoms with Crippen LogP contribution in [0.15, 0.2) is 24.7 Å². The Morgan fingerprint density at radius 1 is 1.32 bits per heavy atom. The van der Waals surface area contributed by atoms with E-state index in [9.17, 15) is 5.11 Å². The average Bonchev–Trinajstić information content (AvgIpc) is 3.13. The van der Waals surface area contributed by atoms with E-state index in [2.05, 4.69) is 15.3 Å². The molecule has 0 fully saturated rings. The second-order valence-corrected chi connectivity index (χ2v) is 7.07. The van der Waals surface area contributed by atoms with Crippen LogP contribution in [0.5, 0.6) is 0 Å². The molecule has 0 radical (unpaired) electrons.